The van der Waals surface area contributed by atoms with Crippen LogP contribution in [0.3, 0.4) is 0 Å². The third-order valence-corrected chi connectivity index (χ3v) is 9.18. The fraction of sp³-hybridized carbons (Fsp3) is 0.625. The molecule has 0 aromatic carbocycles. The Bertz CT molecular complexity index is 856. The zero-order chi connectivity index (χ0) is 20.2. The van der Waals surface area contributed by atoms with Crippen LogP contribution in [0.5, 0.6) is 5.88 Å². The number of carbonyl (C=O) groups is 1. The van der Waals surface area contributed by atoms with Crippen molar-refractivity contribution in [1.82, 2.24) is 10.3 Å². The number of amides is 1. The number of rotatable bonds is 2. The lowest BCUT2D eigenvalue weighted by Gasteiger charge is -2.58. The number of nitrogens with one attached hydrogen (secondary N) is 1. The molecule has 7 atom stereocenters. The van der Waals surface area contributed by atoms with E-state index in [1.165, 1.54) is 25.7 Å². The summed E-state index contributed by atoms with van der Waals surface area (Å²) in [4.78, 5) is 16.2. The fourth-order valence-corrected chi connectivity index (χ4v) is 7.77. The van der Waals surface area contributed by atoms with Crippen LogP contribution in [0.1, 0.15) is 52.4 Å². The van der Waals surface area contributed by atoms with E-state index in [-0.39, 0.29) is 22.8 Å². The maximum atomic E-state index is 11.9. The van der Waals surface area contributed by atoms with Crippen molar-refractivity contribution in [3.8, 4) is 5.88 Å². The Hall–Kier alpha value is -1.75. The highest BCUT2D eigenvalue weighted by molar-refractivity contribution is 7.80. The first-order chi connectivity index (χ1) is 13.9. The van der Waals surface area contributed by atoms with Crippen molar-refractivity contribution in [2.45, 2.75) is 58.4 Å². The molecule has 0 saturated heterocycles. The largest absolute Gasteiger partial charge is 0.432 e. The van der Waals surface area contributed by atoms with Gasteiger partial charge < -0.3 is 10.1 Å². The highest BCUT2D eigenvalue weighted by Crippen LogP contribution is 2.65. The number of aromatic nitrogens is 1. The van der Waals surface area contributed by atoms with Crippen molar-refractivity contribution in [1.29, 1.82) is 0 Å². The molecule has 3 fully saturated rings. The molecule has 1 amide bonds. The van der Waals surface area contributed by atoms with Gasteiger partial charge in [0.15, 0.2) is 5.05 Å². The van der Waals surface area contributed by atoms with Gasteiger partial charge in [-0.25, -0.2) is 4.98 Å². The predicted octanol–water partition coefficient (Wildman–Crippen LogP) is 4.70. The standard InChI is InChI=1S/C24H30N2O2S/c1-23-12-10-17-15(6-9-19-24(17,2)13-11-20(27)26-19)16(23)7-8-18(23)22(29)28-21-5-3-4-14-25-21/h3-5,11,13-19H,6-10,12H2,1-2H3,(H,26,27)/t15-,16-,17-,18+,19+,23-,24+/m0/s1. The highest BCUT2D eigenvalue weighted by atomic mass is 32.1. The average Bonchev–Trinajstić information content (AvgIpc) is 3.06. The summed E-state index contributed by atoms with van der Waals surface area (Å²) in [5, 5.41) is 3.96. The van der Waals surface area contributed by atoms with Gasteiger partial charge in [-0.05, 0) is 86.1 Å². The smallest absolute Gasteiger partial charge is 0.243 e. The normalized spacial score (nSPS) is 43.0. The van der Waals surface area contributed by atoms with Crippen LogP contribution in [0.15, 0.2) is 36.5 Å². The molecular formula is C24H30N2O2S. The van der Waals surface area contributed by atoms with E-state index in [0.717, 1.165) is 17.9 Å². The lowest BCUT2D eigenvalue weighted by molar-refractivity contribution is -0.122. The van der Waals surface area contributed by atoms with Gasteiger partial charge in [-0.15, -0.1) is 0 Å². The van der Waals surface area contributed by atoms with E-state index in [1.54, 1.807) is 12.3 Å². The van der Waals surface area contributed by atoms with Gasteiger partial charge in [-0.2, -0.15) is 0 Å². The summed E-state index contributed by atoms with van der Waals surface area (Å²) in [5.74, 6) is 3.02. The molecule has 0 bridgehead atoms. The van der Waals surface area contributed by atoms with Crippen molar-refractivity contribution in [3.05, 3.63) is 36.5 Å². The first kappa shape index (κ1) is 19.2. The molecule has 154 valence electrons. The molecule has 29 heavy (non-hydrogen) atoms. The Kier molecular flexibility index (Phi) is 4.57. The molecule has 1 aromatic rings. The molecule has 5 rings (SSSR count). The molecule has 3 saturated carbocycles. The second-order valence-electron chi connectivity index (χ2n) is 9.98. The summed E-state index contributed by atoms with van der Waals surface area (Å²) < 4.78 is 6.03. The SMILES string of the molecule is C[C@]12C=CC(=O)N[C@@H]1CC[C@@H]1[C@@H]2CC[C@]2(C)[C@@H](C(=S)Oc3ccccn3)CC[C@@H]12. The minimum absolute atomic E-state index is 0.0736. The van der Waals surface area contributed by atoms with Gasteiger partial charge in [0.2, 0.25) is 11.8 Å². The first-order valence-electron chi connectivity index (χ1n) is 11.0. The highest BCUT2D eigenvalue weighted by Gasteiger charge is 2.60. The molecule has 5 heteroatoms. The molecule has 4 aliphatic rings. The zero-order valence-electron chi connectivity index (χ0n) is 17.3. The molecule has 0 unspecified atom stereocenters. The lowest BCUT2D eigenvalue weighted by Crippen LogP contribution is -2.59. The molecule has 1 aliphatic heterocycles. The van der Waals surface area contributed by atoms with Gasteiger partial charge in [0.25, 0.3) is 0 Å². The molecule has 0 spiro atoms. The van der Waals surface area contributed by atoms with Gasteiger partial charge in [-0.1, -0.05) is 26.0 Å². The van der Waals surface area contributed by atoms with Gasteiger partial charge >= 0.3 is 0 Å². The van der Waals surface area contributed by atoms with E-state index >= 15 is 0 Å². The zero-order valence-corrected chi connectivity index (χ0v) is 18.1. The molecule has 1 aromatic heterocycles. The van der Waals surface area contributed by atoms with Crippen LogP contribution >= 0.6 is 12.2 Å². The third kappa shape index (κ3) is 2.96. The minimum Gasteiger partial charge on any atom is -0.432 e. The summed E-state index contributed by atoms with van der Waals surface area (Å²) in [7, 11) is 0. The van der Waals surface area contributed by atoms with Crippen molar-refractivity contribution < 1.29 is 9.53 Å². The number of fused-ring (bicyclic) bond motifs is 5. The number of hydrogen-bond donors (Lipinski definition) is 1. The Labute approximate surface area is 178 Å². The number of thiocarbonyl (C=S) groups is 1. The summed E-state index contributed by atoms with van der Waals surface area (Å²) in [6.45, 7) is 4.82. The Morgan fingerprint density at radius 3 is 2.83 bits per heavy atom. The number of pyridine rings is 1. The van der Waals surface area contributed by atoms with Crippen molar-refractivity contribution in [3.63, 3.8) is 0 Å². The first-order valence-corrected chi connectivity index (χ1v) is 11.4. The Morgan fingerprint density at radius 2 is 2.03 bits per heavy atom. The number of nitrogens with zero attached hydrogens (tertiary/aromatic N) is 1. The van der Waals surface area contributed by atoms with Gasteiger partial charge in [-0.3, -0.25) is 4.79 Å². The second kappa shape index (κ2) is 6.90. The van der Waals surface area contributed by atoms with Crippen molar-refractivity contribution in [2.75, 3.05) is 0 Å². The second-order valence-corrected chi connectivity index (χ2v) is 10.4. The van der Waals surface area contributed by atoms with E-state index in [9.17, 15) is 4.79 Å². The summed E-state index contributed by atoms with van der Waals surface area (Å²) in [5.41, 5.74) is 0.291. The van der Waals surface area contributed by atoms with Crippen LogP contribution in [-0.4, -0.2) is 22.0 Å². The summed E-state index contributed by atoms with van der Waals surface area (Å²) in [6, 6.07) is 5.99. The third-order valence-electron chi connectivity index (χ3n) is 8.81. The topological polar surface area (TPSA) is 51.2 Å². The van der Waals surface area contributed by atoms with Gasteiger partial charge in [0, 0.05) is 29.6 Å². The van der Waals surface area contributed by atoms with Crippen LogP contribution in [0.25, 0.3) is 0 Å². The number of carbonyl (C=O) groups excluding carboxylic acids is 1. The van der Waals surface area contributed by atoms with E-state index < -0.39 is 0 Å². The molecule has 4 nitrogen and oxygen atoms in total. The summed E-state index contributed by atoms with van der Waals surface area (Å²) in [6.07, 6.45) is 12.7. The van der Waals surface area contributed by atoms with E-state index in [1.807, 2.05) is 18.2 Å². The van der Waals surface area contributed by atoms with Gasteiger partial charge in [0.1, 0.15) is 0 Å². The number of hydrogen-bond acceptors (Lipinski definition) is 4. The van der Waals surface area contributed by atoms with Crippen LogP contribution in [-0.2, 0) is 4.79 Å². The van der Waals surface area contributed by atoms with Crippen LogP contribution in [0.2, 0.25) is 0 Å². The minimum atomic E-state index is 0.0736. The van der Waals surface area contributed by atoms with Crippen molar-refractivity contribution >= 4 is 23.2 Å². The number of ether oxygens (including phenoxy) is 1. The van der Waals surface area contributed by atoms with Gasteiger partial charge in [0.05, 0.1) is 0 Å². The Balaban J connectivity index is 1.38. The maximum Gasteiger partial charge on any atom is 0.243 e. The van der Waals surface area contributed by atoms with E-state index in [4.69, 9.17) is 17.0 Å². The van der Waals surface area contributed by atoms with Crippen molar-refractivity contribution in [2.24, 2.45) is 34.5 Å². The van der Waals surface area contributed by atoms with Crippen LogP contribution in [0.4, 0.5) is 0 Å². The Morgan fingerprint density at radius 1 is 1.17 bits per heavy atom. The predicted molar refractivity (Wildman–Crippen MR) is 116 cm³/mol. The average molecular weight is 411 g/mol. The molecule has 3 aliphatic carbocycles. The van der Waals surface area contributed by atoms with E-state index in [0.29, 0.717) is 29.6 Å². The van der Waals surface area contributed by atoms with Crippen LogP contribution < -0.4 is 10.1 Å². The lowest BCUT2D eigenvalue weighted by atomic mass is 9.48. The monoisotopic (exact) mass is 410 g/mol. The quantitative estimate of drug-likeness (QED) is 0.718. The summed E-state index contributed by atoms with van der Waals surface area (Å²) >= 11 is 5.79. The van der Waals surface area contributed by atoms with Crippen LogP contribution in [0, 0.1) is 34.5 Å². The molecule has 0 radical (unpaired) electrons. The van der Waals surface area contributed by atoms with E-state index in [2.05, 4.69) is 30.2 Å². The maximum absolute atomic E-state index is 11.9. The fourth-order valence-electron chi connectivity index (χ4n) is 7.30. The molecule has 2 heterocycles. The molecule has 1 N–H and O–H groups in total. The molecular weight excluding hydrogens is 380 g/mol.